The number of allylic oxidation sites excluding steroid dienone is 4. The molecular weight excluding hydrogens is 275 g/mol. The summed E-state index contributed by atoms with van der Waals surface area (Å²) in [7, 11) is 0. The third-order valence-corrected chi connectivity index (χ3v) is 3.92. The zero-order valence-corrected chi connectivity index (χ0v) is 11.5. The zero-order chi connectivity index (χ0) is 15.2. The summed E-state index contributed by atoms with van der Waals surface area (Å²) in [5.74, 6) is -1.83. The molecule has 0 saturated heterocycles. The van der Waals surface area contributed by atoms with Gasteiger partial charge in [-0.3, -0.25) is 0 Å². The number of rotatable bonds is 3. The van der Waals surface area contributed by atoms with Crippen LogP contribution in [0.1, 0.15) is 37.2 Å². The standard InChI is InChI=1S/C17H16F3N/c18-15(11-21)3-1-2-12-4-6-13(7-5-12)14-8-9-16(19)17(20)10-14/h1-3,8-10,12-13H,4-7H2. The normalized spacial score (nSPS) is 23.2. The number of benzene rings is 1. The predicted molar refractivity (Wildman–Crippen MR) is 75.0 cm³/mol. The molecule has 1 aromatic rings. The molecular formula is C17H16F3N. The van der Waals surface area contributed by atoms with Gasteiger partial charge in [0.2, 0.25) is 0 Å². The van der Waals surface area contributed by atoms with Gasteiger partial charge in [0.1, 0.15) is 6.07 Å². The van der Waals surface area contributed by atoms with Gasteiger partial charge in [0.25, 0.3) is 0 Å². The van der Waals surface area contributed by atoms with Crippen LogP contribution in [0, 0.1) is 28.9 Å². The van der Waals surface area contributed by atoms with E-state index >= 15 is 0 Å². The molecule has 0 spiro atoms. The monoisotopic (exact) mass is 291 g/mol. The molecule has 0 radical (unpaired) electrons. The molecule has 1 aromatic carbocycles. The van der Waals surface area contributed by atoms with Gasteiger partial charge < -0.3 is 0 Å². The molecule has 0 aromatic heterocycles. The Labute approximate surface area is 122 Å². The van der Waals surface area contributed by atoms with Crippen molar-refractivity contribution in [1.82, 2.24) is 0 Å². The molecule has 1 nitrogen and oxygen atoms in total. The zero-order valence-electron chi connectivity index (χ0n) is 11.5. The summed E-state index contributed by atoms with van der Waals surface area (Å²) in [5, 5.41) is 8.29. The van der Waals surface area contributed by atoms with E-state index in [0.29, 0.717) is 5.92 Å². The highest BCUT2D eigenvalue weighted by Crippen LogP contribution is 2.36. The number of nitrogens with zero attached hydrogens (tertiary/aromatic N) is 1. The van der Waals surface area contributed by atoms with Crippen molar-refractivity contribution in [3.8, 4) is 6.07 Å². The number of hydrogen-bond acceptors (Lipinski definition) is 1. The lowest BCUT2D eigenvalue weighted by Crippen LogP contribution is -2.12. The van der Waals surface area contributed by atoms with Gasteiger partial charge in [0.15, 0.2) is 17.5 Å². The van der Waals surface area contributed by atoms with Crippen LogP contribution in [0.15, 0.2) is 42.3 Å². The molecule has 4 heteroatoms. The number of halogens is 3. The molecule has 21 heavy (non-hydrogen) atoms. The Hall–Kier alpha value is -2.02. The maximum atomic E-state index is 13.2. The van der Waals surface area contributed by atoms with Crippen LogP contribution in [0.2, 0.25) is 0 Å². The summed E-state index contributed by atoms with van der Waals surface area (Å²) in [5.41, 5.74) is 0.840. The van der Waals surface area contributed by atoms with Gasteiger partial charge in [0.05, 0.1) is 0 Å². The van der Waals surface area contributed by atoms with Crippen molar-refractivity contribution in [2.45, 2.75) is 31.6 Å². The molecule has 1 aliphatic rings. The summed E-state index contributed by atoms with van der Waals surface area (Å²) in [6, 6.07) is 5.51. The van der Waals surface area contributed by atoms with E-state index in [-0.39, 0.29) is 5.92 Å². The first-order valence-electron chi connectivity index (χ1n) is 6.99. The second-order valence-corrected chi connectivity index (χ2v) is 5.30. The van der Waals surface area contributed by atoms with Crippen LogP contribution in [0.3, 0.4) is 0 Å². The molecule has 1 saturated carbocycles. The highest BCUT2D eigenvalue weighted by atomic mass is 19.2. The average molecular weight is 291 g/mol. The topological polar surface area (TPSA) is 23.8 Å². The minimum Gasteiger partial charge on any atom is -0.204 e. The smallest absolute Gasteiger partial charge is 0.199 e. The van der Waals surface area contributed by atoms with Crippen molar-refractivity contribution in [1.29, 1.82) is 5.26 Å². The summed E-state index contributed by atoms with van der Waals surface area (Å²) < 4.78 is 38.8. The lowest BCUT2D eigenvalue weighted by Gasteiger charge is -2.27. The molecule has 110 valence electrons. The van der Waals surface area contributed by atoms with E-state index in [1.54, 1.807) is 12.1 Å². The third-order valence-electron chi connectivity index (χ3n) is 3.92. The lowest BCUT2D eigenvalue weighted by molar-refractivity contribution is 0.374. The lowest BCUT2D eigenvalue weighted by atomic mass is 9.78. The fourth-order valence-electron chi connectivity index (χ4n) is 2.75. The van der Waals surface area contributed by atoms with Crippen molar-refractivity contribution in [3.05, 3.63) is 59.5 Å². The fourth-order valence-corrected chi connectivity index (χ4v) is 2.75. The minimum absolute atomic E-state index is 0.246. The third kappa shape index (κ3) is 4.22. The Morgan fingerprint density at radius 1 is 1.14 bits per heavy atom. The molecule has 0 amide bonds. The molecule has 0 aliphatic heterocycles. The molecule has 0 heterocycles. The molecule has 0 unspecified atom stereocenters. The largest absolute Gasteiger partial charge is 0.204 e. The number of hydrogen-bond donors (Lipinski definition) is 0. The number of nitriles is 1. The Morgan fingerprint density at radius 2 is 1.86 bits per heavy atom. The van der Waals surface area contributed by atoms with Gasteiger partial charge in [-0.2, -0.15) is 9.65 Å². The minimum atomic E-state index is -0.818. The highest BCUT2D eigenvalue weighted by molar-refractivity contribution is 5.23. The van der Waals surface area contributed by atoms with Crippen LogP contribution >= 0.6 is 0 Å². The summed E-state index contributed by atoms with van der Waals surface area (Å²) >= 11 is 0. The van der Waals surface area contributed by atoms with Crippen molar-refractivity contribution in [3.63, 3.8) is 0 Å². The second-order valence-electron chi connectivity index (χ2n) is 5.30. The first-order chi connectivity index (χ1) is 10.1. The van der Waals surface area contributed by atoms with Crippen LogP contribution < -0.4 is 0 Å². The second kappa shape index (κ2) is 7.12. The first kappa shape index (κ1) is 15.4. The molecule has 0 atom stereocenters. The van der Waals surface area contributed by atoms with Crippen LogP contribution in [-0.2, 0) is 0 Å². The average Bonchev–Trinajstić information content (AvgIpc) is 2.50. The van der Waals surface area contributed by atoms with Crippen LogP contribution in [-0.4, -0.2) is 0 Å². The van der Waals surface area contributed by atoms with Crippen molar-refractivity contribution < 1.29 is 13.2 Å². The van der Waals surface area contributed by atoms with Crippen molar-refractivity contribution >= 4 is 0 Å². The van der Waals surface area contributed by atoms with Gasteiger partial charge in [-0.1, -0.05) is 18.2 Å². The van der Waals surface area contributed by atoms with Crippen LogP contribution in [0.25, 0.3) is 0 Å². The van der Waals surface area contributed by atoms with Crippen LogP contribution in [0.5, 0.6) is 0 Å². The van der Waals surface area contributed by atoms with Gasteiger partial charge in [-0.25, -0.2) is 8.78 Å². The Balaban J connectivity index is 1.91. The SMILES string of the molecule is N#CC(F)=CC=CC1CCC(c2ccc(F)c(F)c2)CC1. The summed E-state index contributed by atoms with van der Waals surface area (Å²) in [4.78, 5) is 0. The van der Waals surface area contributed by atoms with E-state index < -0.39 is 17.5 Å². The maximum Gasteiger partial charge on any atom is 0.199 e. The maximum absolute atomic E-state index is 13.2. The van der Waals surface area contributed by atoms with Gasteiger partial charge in [-0.05, 0) is 61.3 Å². The molecule has 2 rings (SSSR count). The fraction of sp³-hybridized carbons (Fsp3) is 0.353. The molecule has 0 bridgehead atoms. The Morgan fingerprint density at radius 3 is 2.48 bits per heavy atom. The first-order valence-corrected chi connectivity index (χ1v) is 6.99. The van der Waals surface area contributed by atoms with Crippen LogP contribution in [0.4, 0.5) is 13.2 Å². The van der Waals surface area contributed by atoms with E-state index in [1.165, 1.54) is 18.2 Å². The Bertz CT molecular complexity index is 591. The van der Waals surface area contributed by atoms with Gasteiger partial charge in [-0.15, -0.1) is 0 Å². The predicted octanol–water partition coefficient (Wildman–Crippen LogP) is 5.17. The van der Waals surface area contributed by atoms with E-state index in [1.807, 2.05) is 6.08 Å². The van der Waals surface area contributed by atoms with E-state index in [2.05, 4.69) is 0 Å². The van der Waals surface area contributed by atoms with E-state index in [9.17, 15) is 13.2 Å². The summed E-state index contributed by atoms with van der Waals surface area (Å²) in [6.07, 6.45) is 8.25. The molecule has 0 N–H and O–H groups in total. The highest BCUT2D eigenvalue weighted by Gasteiger charge is 2.21. The van der Waals surface area contributed by atoms with Gasteiger partial charge >= 0.3 is 0 Å². The van der Waals surface area contributed by atoms with E-state index in [0.717, 1.165) is 37.3 Å². The quantitative estimate of drug-likeness (QED) is 0.556. The van der Waals surface area contributed by atoms with Crippen molar-refractivity contribution in [2.75, 3.05) is 0 Å². The van der Waals surface area contributed by atoms with Crippen molar-refractivity contribution in [2.24, 2.45) is 5.92 Å². The van der Waals surface area contributed by atoms with Gasteiger partial charge in [0, 0.05) is 0 Å². The van der Waals surface area contributed by atoms with E-state index in [4.69, 9.17) is 5.26 Å². The molecule has 1 aliphatic carbocycles. The molecule has 1 fully saturated rings. The Kier molecular flexibility index (Phi) is 5.21. The summed E-state index contributed by atoms with van der Waals surface area (Å²) in [6.45, 7) is 0.